The van der Waals surface area contributed by atoms with Gasteiger partial charge in [-0.1, -0.05) is 37.3 Å². The van der Waals surface area contributed by atoms with Gasteiger partial charge in [0.25, 0.3) is 5.91 Å². The Morgan fingerprint density at radius 1 is 1.06 bits per heavy atom. The highest BCUT2D eigenvalue weighted by atomic mass is 79.9. The fraction of sp³-hybridized carbons (Fsp3) is 0.115. The molecule has 0 aliphatic carbocycles. The molecule has 0 atom stereocenters. The summed E-state index contributed by atoms with van der Waals surface area (Å²) in [5, 5.41) is 21.2. The molecular formula is C26H21BrN2O4. The quantitative estimate of drug-likeness (QED) is 0.296. The van der Waals surface area contributed by atoms with Gasteiger partial charge in [0.15, 0.2) is 0 Å². The second-order valence-corrected chi connectivity index (χ2v) is 8.01. The van der Waals surface area contributed by atoms with Gasteiger partial charge in [-0.2, -0.15) is 5.26 Å². The number of ether oxygens (including phenoxy) is 1. The lowest BCUT2D eigenvalue weighted by atomic mass is 10.1. The largest absolute Gasteiger partial charge is 0.488 e. The molecular weight excluding hydrogens is 484 g/mol. The van der Waals surface area contributed by atoms with E-state index in [1.165, 1.54) is 18.2 Å². The maximum Gasteiger partial charge on any atom is 0.335 e. The molecule has 33 heavy (non-hydrogen) atoms. The molecule has 0 fully saturated rings. The third kappa shape index (κ3) is 6.55. The van der Waals surface area contributed by atoms with Gasteiger partial charge < -0.3 is 15.2 Å². The van der Waals surface area contributed by atoms with Crippen LogP contribution in [0.5, 0.6) is 5.75 Å². The zero-order valence-corrected chi connectivity index (χ0v) is 19.4. The molecule has 0 saturated carbocycles. The Hall–Kier alpha value is -3.89. The van der Waals surface area contributed by atoms with Crippen molar-refractivity contribution in [2.24, 2.45) is 0 Å². The average Bonchev–Trinajstić information content (AvgIpc) is 2.82. The van der Waals surface area contributed by atoms with Crippen LogP contribution in [0.4, 0.5) is 5.69 Å². The number of carboxylic acids is 1. The molecule has 1 amide bonds. The second-order valence-electron chi connectivity index (χ2n) is 7.16. The van der Waals surface area contributed by atoms with Crippen molar-refractivity contribution in [3.63, 3.8) is 0 Å². The Kier molecular flexibility index (Phi) is 8.01. The van der Waals surface area contributed by atoms with E-state index in [2.05, 4.69) is 28.2 Å². The van der Waals surface area contributed by atoms with E-state index < -0.39 is 11.9 Å². The molecule has 3 rings (SSSR count). The van der Waals surface area contributed by atoms with Gasteiger partial charge in [-0.15, -0.1) is 0 Å². The van der Waals surface area contributed by atoms with Gasteiger partial charge in [0.05, 0.1) is 10.0 Å². The lowest BCUT2D eigenvalue weighted by molar-refractivity contribution is -0.112. The maximum absolute atomic E-state index is 12.5. The average molecular weight is 505 g/mol. The Bertz CT molecular complexity index is 1230. The van der Waals surface area contributed by atoms with Gasteiger partial charge in [0.2, 0.25) is 0 Å². The Labute approximate surface area is 200 Å². The predicted molar refractivity (Wildman–Crippen MR) is 130 cm³/mol. The van der Waals surface area contributed by atoms with Crippen molar-refractivity contribution >= 4 is 39.6 Å². The highest BCUT2D eigenvalue weighted by Gasteiger charge is 2.11. The molecule has 6 nitrogen and oxygen atoms in total. The SMILES string of the molecule is CCc1ccc(NC(=O)/C(C#N)=C/c2ccc(OCc3ccc(C(=O)O)cc3)c(Br)c2)cc1. The normalized spacial score (nSPS) is 10.9. The van der Waals surface area contributed by atoms with Crippen LogP contribution < -0.4 is 10.1 Å². The third-order valence-electron chi connectivity index (χ3n) is 4.85. The molecule has 0 aliphatic rings. The molecule has 0 aromatic heterocycles. The van der Waals surface area contributed by atoms with Gasteiger partial charge in [-0.3, -0.25) is 4.79 Å². The van der Waals surface area contributed by atoms with E-state index in [0.29, 0.717) is 21.5 Å². The fourth-order valence-corrected chi connectivity index (χ4v) is 3.48. The zero-order valence-electron chi connectivity index (χ0n) is 17.8. The summed E-state index contributed by atoms with van der Waals surface area (Å²) in [4.78, 5) is 23.4. The summed E-state index contributed by atoms with van der Waals surface area (Å²) in [6.07, 6.45) is 2.41. The van der Waals surface area contributed by atoms with E-state index in [4.69, 9.17) is 9.84 Å². The van der Waals surface area contributed by atoms with Crippen molar-refractivity contribution in [3.05, 3.63) is 99.0 Å². The second kappa shape index (κ2) is 11.1. The van der Waals surface area contributed by atoms with E-state index in [9.17, 15) is 14.9 Å². The van der Waals surface area contributed by atoms with Crippen LogP contribution >= 0.6 is 15.9 Å². The predicted octanol–water partition coefficient (Wildman–Crippen LogP) is 5.83. The number of nitrogens with zero attached hydrogens (tertiary/aromatic N) is 1. The number of anilines is 1. The molecule has 0 bridgehead atoms. The van der Waals surface area contributed by atoms with Crippen LogP contribution in [0.15, 0.2) is 76.8 Å². The van der Waals surface area contributed by atoms with Crippen molar-refractivity contribution in [2.75, 3.05) is 5.32 Å². The van der Waals surface area contributed by atoms with Crippen LogP contribution in [0, 0.1) is 11.3 Å². The molecule has 0 aliphatic heterocycles. The fourth-order valence-electron chi connectivity index (χ4n) is 2.97. The van der Waals surface area contributed by atoms with Crippen molar-refractivity contribution in [1.82, 2.24) is 0 Å². The molecule has 0 spiro atoms. The van der Waals surface area contributed by atoms with Crippen LogP contribution in [-0.2, 0) is 17.8 Å². The Balaban J connectivity index is 1.67. The zero-order chi connectivity index (χ0) is 23.8. The molecule has 0 radical (unpaired) electrons. The van der Waals surface area contributed by atoms with Crippen LogP contribution in [0.25, 0.3) is 6.08 Å². The lowest BCUT2D eigenvalue weighted by Crippen LogP contribution is -2.13. The van der Waals surface area contributed by atoms with E-state index in [1.807, 2.05) is 30.3 Å². The number of aryl methyl sites for hydroxylation is 1. The van der Waals surface area contributed by atoms with Gasteiger partial charge in [-0.25, -0.2) is 4.79 Å². The Morgan fingerprint density at radius 3 is 2.30 bits per heavy atom. The summed E-state index contributed by atoms with van der Waals surface area (Å²) in [7, 11) is 0. The van der Waals surface area contributed by atoms with Gasteiger partial charge in [0.1, 0.15) is 24.0 Å². The highest BCUT2D eigenvalue weighted by Crippen LogP contribution is 2.28. The minimum absolute atomic E-state index is 0.0198. The number of benzene rings is 3. The number of aromatic carboxylic acids is 1. The summed E-state index contributed by atoms with van der Waals surface area (Å²) in [6, 6.07) is 21.1. The summed E-state index contributed by atoms with van der Waals surface area (Å²) >= 11 is 3.45. The first-order chi connectivity index (χ1) is 15.9. The van der Waals surface area contributed by atoms with E-state index in [0.717, 1.165) is 17.5 Å². The summed E-state index contributed by atoms with van der Waals surface area (Å²) in [6.45, 7) is 2.31. The molecule has 0 saturated heterocycles. The summed E-state index contributed by atoms with van der Waals surface area (Å²) in [5.41, 5.74) is 3.47. The number of carbonyl (C=O) groups excluding carboxylic acids is 1. The first-order valence-electron chi connectivity index (χ1n) is 10.2. The first kappa shape index (κ1) is 23.8. The standard InChI is InChI=1S/C26H21BrN2O4/c1-2-17-5-10-22(11-6-17)29-25(30)21(15-28)13-19-7-12-24(23(27)14-19)33-16-18-3-8-20(9-4-18)26(31)32/h3-14H,2,16H2,1H3,(H,29,30)(H,31,32)/b21-13+. The van der Waals surface area contributed by atoms with Crippen molar-refractivity contribution < 1.29 is 19.4 Å². The number of rotatable bonds is 8. The Morgan fingerprint density at radius 2 is 1.73 bits per heavy atom. The highest BCUT2D eigenvalue weighted by molar-refractivity contribution is 9.10. The number of amides is 1. The molecule has 0 heterocycles. The smallest absolute Gasteiger partial charge is 0.335 e. The third-order valence-corrected chi connectivity index (χ3v) is 5.47. The number of halogens is 1. The molecule has 2 N–H and O–H groups in total. The lowest BCUT2D eigenvalue weighted by Gasteiger charge is -2.10. The van der Waals surface area contributed by atoms with Crippen LogP contribution in [0.3, 0.4) is 0 Å². The summed E-state index contributed by atoms with van der Waals surface area (Å²) < 4.78 is 6.45. The first-order valence-corrected chi connectivity index (χ1v) is 11.0. The monoisotopic (exact) mass is 504 g/mol. The minimum Gasteiger partial charge on any atom is -0.488 e. The van der Waals surface area contributed by atoms with Gasteiger partial charge in [-0.05, 0) is 81.5 Å². The molecule has 3 aromatic rings. The molecule has 166 valence electrons. The number of nitrogens with one attached hydrogen (secondary N) is 1. The van der Waals surface area contributed by atoms with Gasteiger partial charge in [0, 0.05) is 5.69 Å². The van der Waals surface area contributed by atoms with Crippen LogP contribution in [-0.4, -0.2) is 17.0 Å². The minimum atomic E-state index is -0.978. The van der Waals surface area contributed by atoms with E-state index in [-0.39, 0.29) is 17.7 Å². The summed E-state index contributed by atoms with van der Waals surface area (Å²) in [5.74, 6) is -0.884. The van der Waals surface area contributed by atoms with E-state index >= 15 is 0 Å². The number of carboxylic acid groups (broad SMARTS) is 1. The molecule has 7 heteroatoms. The van der Waals surface area contributed by atoms with Crippen LogP contribution in [0.1, 0.15) is 34.0 Å². The topological polar surface area (TPSA) is 99.4 Å². The number of hydrogen-bond acceptors (Lipinski definition) is 4. The maximum atomic E-state index is 12.5. The number of carbonyl (C=O) groups is 2. The molecule has 3 aromatic carbocycles. The van der Waals surface area contributed by atoms with Crippen molar-refractivity contribution in [2.45, 2.75) is 20.0 Å². The van der Waals surface area contributed by atoms with E-state index in [1.54, 1.807) is 30.3 Å². The number of hydrogen-bond donors (Lipinski definition) is 2. The van der Waals surface area contributed by atoms with Gasteiger partial charge >= 0.3 is 5.97 Å². The number of nitriles is 1. The van der Waals surface area contributed by atoms with Crippen LogP contribution in [0.2, 0.25) is 0 Å². The van der Waals surface area contributed by atoms with Crippen molar-refractivity contribution in [1.29, 1.82) is 5.26 Å². The van der Waals surface area contributed by atoms with Crippen molar-refractivity contribution in [3.8, 4) is 11.8 Å². The molecule has 0 unspecified atom stereocenters.